The first-order chi connectivity index (χ1) is 13.0. The number of rotatable bonds is 9. The normalized spacial score (nSPS) is 15.2. The highest BCUT2D eigenvalue weighted by molar-refractivity contribution is 5.94. The zero-order valence-corrected chi connectivity index (χ0v) is 16.3. The number of aliphatic hydroxyl groups is 1. The lowest BCUT2D eigenvalue weighted by Gasteiger charge is -2.27. The second-order valence-electron chi connectivity index (χ2n) is 6.22. The fraction of sp³-hybridized carbons (Fsp3) is 0.471. The molecule has 1 aromatic carbocycles. The second-order valence-corrected chi connectivity index (χ2v) is 6.22. The molecule has 1 aromatic rings. The smallest absolute Gasteiger partial charge is 0.253 e. The highest BCUT2D eigenvalue weighted by Crippen LogP contribution is 2.04. The van der Waals surface area contributed by atoms with E-state index < -0.39 is 18.6 Å². The number of nitrogens with zero attached hydrogens (tertiary/aromatic N) is 1. The summed E-state index contributed by atoms with van der Waals surface area (Å²) < 4.78 is 0. The van der Waals surface area contributed by atoms with E-state index in [0.717, 1.165) is 18.7 Å². The molecule has 1 fully saturated rings. The van der Waals surface area contributed by atoms with Crippen molar-refractivity contribution in [2.75, 3.05) is 39.3 Å². The van der Waals surface area contributed by atoms with Gasteiger partial charge in [-0.1, -0.05) is 24.3 Å². The molecule has 1 aliphatic heterocycles. The van der Waals surface area contributed by atoms with Crippen molar-refractivity contribution in [3.63, 3.8) is 0 Å². The van der Waals surface area contributed by atoms with Crippen LogP contribution in [-0.4, -0.2) is 73.1 Å². The number of nitrogens with one attached hydrogen (secondary N) is 5. The third-order valence-electron chi connectivity index (χ3n) is 4.14. The Labute approximate surface area is 170 Å². The van der Waals surface area contributed by atoms with Gasteiger partial charge >= 0.3 is 0 Å². The van der Waals surface area contributed by atoms with Crippen molar-refractivity contribution in [3.05, 3.63) is 35.4 Å². The van der Waals surface area contributed by atoms with Crippen LogP contribution in [0.5, 0.6) is 0 Å². The van der Waals surface area contributed by atoms with Crippen LogP contribution in [0.1, 0.15) is 11.1 Å². The Bertz CT molecular complexity index is 651. The van der Waals surface area contributed by atoms with E-state index in [1.165, 1.54) is 0 Å². The zero-order chi connectivity index (χ0) is 19.6. The minimum absolute atomic E-state index is 0. The van der Waals surface area contributed by atoms with E-state index in [-0.39, 0.29) is 30.7 Å². The molecule has 0 spiro atoms. The number of hydrogen-bond donors (Lipinski definition) is 7. The van der Waals surface area contributed by atoms with Gasteiger partial charge in [0.1, 0.15) is 11.9 Å². The highest BCUT2D eigenvalue weighted by Gasteiger charge is 2.18. The van der Waals surface area contributed by atoms with E-state index >= 15 is 0 Å². The minimum Gasteiger partial charge on any atom is -0.394 e. The molecule has 2 amide bonds. The van der Waals surface area contributed by atoms with Crippen molar-refractivity contribution in [2.24, 2.45) is 5.73 Å². The molecular weight excluding hydrogens is 386 g/mol. The number of nitrogen functional groups attached to an aromatic ring is 1. The van der Waals surface area contributed by atoms with E-state index in [4.69, 9.17) is 11.1 Å². The number of amidine groups is 1. The van der Waals surface area contributed by atoms with E-state index in [9.17, 15) is 14.7 Å². The summed E-state index contributed by atoms with van der Waals surface area (Å²) in [5.41, 5.74) is 9.63. The molecule has 1 unspecified atom stereocenters. The quantitative estimate of drug-likeness (QED) is 0.180. The van der Waals surface area contributed by atoms with Gasteiger partial charge in [0, 0.05) is 38.3 Å². The maximum absolute atomic E-state index is 12.2. The first-order valence-corrected chi connectivity index (χ1v) is 8.80. The third-order valence-corrected chi connectivity index (χ3v) is 4.14. The van der Waals surface area contributed by atoms with Gasteiger partial charge in [-0.3, -0.25) is 25.7 Å². The van der Waals surface area contributed by atoms with Gasteiger partial charge < -0.3 is 21.5 Å². The summed E-state index contributed by atoms with van der Waals surface area (Å²) in [6.07, 6.45) is 0. The predicted molar refractivity (Wildman–Crippen MR) is 108 cm³/mol. The summed E-state index contributed by atoms with van der Waals surface area (Å²) >= 11 is 0. The molecule has 1 aliphatic rings. The molecule has 8 N–H and O–H groups in total. The average Bonchev–Trinajstić information content (AvgIpc) is 2.68. The molecule has 0 saturated carbocycles. The molecule has 10 nitrogen and oxygen atoms in total. The summed E-state index contributed by atoms with van der Waals surface area (Å²) in [5, 5.41) is 27.2. The fourth-order valence-electron chi connectivity index (χ4n) is 2.57. The van der Waals surface area contributed by atoms with Crippen molar-refractivity contribution < 1.29 is 14.7 Å². The molecule has 0 radical (unpaired) electrons. The molecule has 0 aromatic heterocycles. The molecule has 28 heavy (non-hydrogen) atoms. The highest BCUT2D eigenvalue weighted by atomic mass is 35.5. The van der Waals surface area contributed by atoms with E-state index in [0.29, 0.717) is 25.2 Å². The lowest BCUT2D eigenvalue weighted by atomic mass is 10.1. The van der Waals surface area contributed by atoms with E-state index in [1.807, 2.05) is 0 Å². The second kappa shape index (κ2) is 12.3. The number of nitrogens with two attached hydrogens (primary N) is 1. The minimum atomic E-state index is -0.829. The topological polar surface area (TPSA) is 156 Å². The van der Waals surface area contributed by atoms with Gasteiger partial charge in [0.25, 0.3) is 5.91 Å². The number of aliphatic hydroxyl groups excluding tert-OH is 1. The van der Waals surface area contributed by atoms with Crippen molar-refractivity contribution in [1.29, 1.82) is 5.41 Å². The monoisotopic (exact) mass is 413 g/mol. The van der Waals surface area contributed by atoms with Crippen LogP contribution in [0.25, 0.3) is 0 Å². The SMILES string of the molecule is Cl.N=C(N)c1ccc(CNC(CO)C(=O)NCC(=O)NN2CCNCC2)cc1. The number of halogens is 1. The number of carbonyl (C=O) groups is 2. The molecule has 1 heterocycles. The van der Waals surface area contributed by atoms with Gasteiger partial charge in [-0.05, 0) is 5.56 Å². The fourth-order valence-corrected chi connectivity index (χ4v) is 2.57. The Morgan fingerprint density at radius 2 is 1.89 bits per heavy atom. The Balaban J connectivity index is 0.00000392. The van der Waals surface area contributed by atoms with Crippen molar-refractivity contribution >= 4 is 30.1 Å². The number of piperazine rings is 1. The van der Waals surface area contributed by atoms with Crippen LogP contribution < -0.4 is 27.1 Å². The van der Waals surface area contributed by atoms with Gasteiger partial charge in [-0.15, -0.1) is 12.4 Å². The molecule has 0 bridgehead atoms. The van der Waals surface area contributed by atoms with E-state index in [1.54, 1.807) is 29.3 Å². The predicted octanol–water partition coefficient (Wildman–Crippen LogP) is -2.10. The molecule has 2 rings (SSSR count). The molecular formula is C17H28ClN7O3. The number of hydrazine groups is 1. The van der Waals surface area contributed by atoms with E-state index in [2.05, 4.69) is 21.4 Å². The van der Waals surface area contributed by atoms with Crippen LogP contribution >= 0.6 is 12.4 Å². The Hall–Kier alpha value is -2.24. The third kappa shape index (κ3) is 7.79. The van der Waals surface area contributed by atoms with Crippen molar-refractivity contribution in [1.82, 2.24) is 26.4 Å². The lowest BCUT2D eigenvalue weighted by Crippen LogP contribution is -2.55. The summed E-state index contributed by atoms with van der Waals surface area (Å²) in [7, 11) is 0. The van der Waals surface area contributed by atoms with Crippen LogP contribution in [0.2, 0.25) is 0 Å². The first-order valence-electron chi connectivity index (χ1n) is 8.80. The molecule has 156 valence electrons. The molecule has 1 atom stereocenters. The summed E-state index contributed by atoms with van der Waals surface area (Å²) in [6.45, 7) is 2.83. The summed E-state index contributed by atoms with van der Waals surface area (Å²) in [4.78, 5) is 24.0. The number of hydrogen-bond acceptors (Lipinski definition) is 7. The maximum atomic E-state index is 12.2. The molecule has 1 saturated heterocycles. The summed E-state index contributed by atoms with van der Waals surface area (Å²) in [5.74, 6) is -0.767. The number of carbonyl (C=O) groups excluding carboxylic acids is 2. The van der Waals surface area contributed by atoms with Crippen LogP contribution in [-0.2, 0) is 16.1 Å². The average molecular weight is 414 g/mol. The van der Waals surface area contributed by atoms with Crippen LogP contribution in [0.4, 0.5) is 0 Å². The van der Waals surface area contributed by atoms with Crippen molar-refractivity contribution in [2.45, 2.75) is 12.6 Å². The first kappa shape index (κ1) is 23.8. The number of benzene rings is 1. The Kier molecular flexibility index (Phi) is 10.4. The van der Waals surface area contributed by atoms with Crippen LogP contribution in [0.15, 0.2) is 24.3 Å². The van der Waals surface area contributed by atoms with Gasteiger partial charge in [0.15, 0.2) is 0 Å². The zero-order valence-electron chi connectivity index (χ0n) is 15.5. The van der Waals surface area contributed by atoms with Gasteiger partial charge in [0.2, 0.25) is 5.91 Å². The maximum Gasteiger partial charge on any atom is 0.253 e. The molecule has 0 aliphatic carbocycles. The molecule has 11 heteroatoms. The van der Waals surface area contributed by atoms with Crippen LogP contribution in [0, 0.1) is 5.41 Å². The standard InChI is InChI=1S/C17H27N7O3.ClH/c18-16(19)13-3-1-12(2-4-13)9-21-14(11-25)17(27)22-10-15(26)23-24-7-5-20-6-8-24;/h1-4,14,20-21,25H,5-11H2,(H3,18,19)(H,22,27)(H,23,26);1H. The van der Waals surface area contributed by atoms with Gasteiger partial charge in [0.05, 0.1) is 13.2 Å². The van der Waals surface area contributed by atoms with Crippen molar-refractivity contribution in [3.8, 4) is 0 Å². The summed E-state index contributed by atoms with van der Waals surface area (Å²) in [6, 6.07) is 6.18. The van der Waals surface area contributed by atoms with Gasteiger partial charge in [-0.2, -0.15) is 0 Å². The van der Waals surface area contributed by atoms with Gasteiger partial charge in [-0.25, -0.2) is 5.01 Å². The van der Waals surface area contributed by atoms with Crippen LogP contribution in [0.3, 0.4) is 0 Å². The number of amides is 2. The lowest BCUT2D eigenvalue weighted by molar-refractivity contribution is -0.130. The Morgan fingerprint density at radius 3 is 2.46 bits per heavy atom. The largest absolute Gasteiger partial charge is 0.394 e. The Morgan fingerprint density at radius 1 is 1.25 bits per heavy atom.